The first-order valence-corrected chi connectivity index (χ1v) is 7.69. The summed E-state index contributed by atoms with van der Waals surface area (Å²) in [6, 6.07) is 0. The number of hydrogen-bond acceptors (Lipinski definition) is 6. The third kappa shape index (κ3) is 2.70. The van der Waals surface area contributed by atoms with Gasteiger partial charge < -0.3 is 14.9 Å². The van der Waals surface area contributed by atoms with Crippen molar-refractivity contribution in [2.75, 3.05) is 31.1 Å². The average Bonchev–Trinajstić information content (AvgIpc) is 2.57. The molecule has 1 fully saturated rings. The molecule has 1 N–H and O–H groups in total. The second-order valence-electron chi connectivity index (χ2n) is 5.13. The Morgan fingerprint density at radius 2 is 1.96 bits per heavy atom. The topological polar surface area (TPSA) is 113 Å². The molecule has 0 bridgehead atoms. The van der Waals surface area contributed by atoms with Gasteiger partial charge in [0.15, 0.2) is 5.82 Å². The molecule has 0 aromatic carbocycles. The van der Waals surface area contributed by atoms with Gasteiger partial charge in [-0.05, 0) is 15.9 Å². The lowest BCUT2D eigenvalue weighted by molar-refractivity contribution is -0.384. The lowest BCUT2D eigenvalue weighted by Gasteiger charge is -2.34. The summed E-state index contributed by atoms with van der Waals surface area (Å²) in [6.07, 6.45) is 1.29. The van der Waals surface area contributed by atoms with E-state index in [0.717, 1.165) is 6.20 Å². The Labute approximate surface area is 143 Å². The molecule has 2 aromatic heterocycles. The number of fused-ring (bicyclic) bond motifs is 1. The Balaban J connectivity index is 2.11. The number of hydrogen-bond donors (Lipinski definition) is 1. The zero-order chi connectivity index (χ0) is 17.4. The van der Waals surface area contributed by atoms with Crippen LogP contribution in [-0.2, 0) is 0 Å². The van der Waals surface area contributed by atoms with Crippen molar-refractivity contribution in [3.05, 3.63) is 32.9 Å². The lowest BCUT2D eigenvalue weighted by atomic mass is 10.1. The van der Waals surface area contributed by atoms with Crippen molar-refractivity contribution >= 4 is 44.3 Å². The van der Waals surface area contributed by atoms with Crippen molar-refractivity contribution in [1.29, 1.82) is 0 Å². The minimum atomic E-state index is -1.04. The van der Waals surface area contributed by atoms with Crippen LogP contribution in [0, 0.1) is 15.9 Å². The number of carbonyl (C=O) groups is 1. The third-order valence-corrected chi connectivity index (χ3v) is 4.38. The molecule has 126 valence electrons. The quantitative estimate of drug-likeness (QED) is 0.467. The van der Waals surface area contributed by atoms with Gasteiger partial charge in [-0.15, -0.1) is 0 Å². The fourth-order valence-electron chi connectivity index (χ4n) is 2.67. The van der Waals surface area contributed by atoms with Crippen LogP contribution in [0.4, 0.5) is 20.6 Å². The highest BCUT2D eigenvalue weighted by molar-refractivity contribution is 9.10. The molecular weight excluding hydrogens is 389 g/mol. The number of nitro groups is 1. The van der Waals surface area contributed by atoms with E-state index in [4.69, 9.17) is 5.11 Å². The molecule has 3 rings (SSSR count). The second kappa shape index (κ2) is 6.15. The first-order chi connectivity index (χ1) is 11.4. The van der Waals surface area contributed by atoms with Gasteiger partial charge in [0.1, 0.15) is 22.0 Å². The van der Waals surface area contributed by atoms with Gasteiger partial charge in [-0.2, -0.15) is 0 Å². The number of piperazine rings is 1. The maximum absolute atomic E-state index is 14.2. The first kappa shape index (κ1) is 16.3. The molecule has 0 spiro atoms. The highest BCUT2D eigenvalue weighted by Crippen LogP contribution is 2.36. The van der Waals surface area contributed by atoms with Gasteiger partial charge in [0.2, 0.25) is 0 Å². The Kier molecular flexibility index (Phi) is 4.18. The van der Waals surface area contributed by atoms with Gasteiger partial charge in [0.05, 0.1) is 10.3 Å². The SMILES string of the molecule is O=C(O)N1CCN(c2c([N+](=O)[O-])cnc3c(F)c(Br)ncc23)CC1. The normalized spacial score (nSPS) is 14.9. The average molecular weight is 400 g/mol. The molecule has 1 aliphatic heterocycles. The molecule has 3 heterocycles. The summed E-state index contributed by atoms with van der Waals surface area (Å²) in [6.45, 7) is 0.902. The van der Waals surface area contributed by atoms with E-state index < -0.39 is 16.8 Å². The van der Waals surface area contributed by atoms with Crippen LogP contribution in [0.1, 0.15) is 0 Å². The predicted molar refractivity (Wildman–Crippen MR) is 85.7 cm³/mol. The van der Waals surface area contributed by atoms with Crippen molar-refractivity contribution in [2.24, 2.45) is 0 Å². The Bertz CT molecular complexity index is 841. The molecule has 2 aromatic rings. The summed E-state index contributed by atoms with van der Waals surface area (Å²) in [7, 11) is 0. The van der Waals surface area contributed by atoms with Gasteiger partial charge in [0.25, 0.3) is 0 Å². The number of amides is 1. The first-order valence-electron chi connectivity index (χ1n) is 6.90. The van der Waals surface area contributed by atoms with Crippen LogP contribution in [0.3, 0.4) is 0 Å². The number of nitrogens with zero attached hydrogens (tertiary/aromatic N) is 5. The maximum Gasteiger partial charge on any atom is 0.407 e. The van der Waals surface area contributed by atoms with Crippen molar-refractivity contribution in [2.45, 2.75) is 0 Å². The van der Waals surface area contributed by atoms with E-state index in [-0.39, 0.29) is 53.1 Å². The van der Waals surface area contributed by atoms with Crippen molar-refractivity contribution in [3.63, 3.8) is 0 Å². The number of anilines is 1. The van der Waals surface area contributed by atoms with Crippen LogP contribution >= 0.6 is 15.9 Å². The van der Waals surface area contributed by atoms with E-state index in [9.17, 15) is 19.3 Å². The number of carboxylic acid groups (broad SMARTS) is 1. The van der Waals surface area contributed by atoms with E-state index >= 15 is 0 Å². The van der Waals surface area contributed by atoms with Crippen LogP contribution in [0.5, 0.6) is 0 Å². The maximum atomic E-state index is 14.2. The Hall–Kier alpha value is -2.56. The fraction of sp³-hybridized carbons (Fsp3) is 0.308. The van der Waals surface area contributed by atoms with Crippen LogP contribution in [-0.4, -0.2) is 57.2 Å². The molecular formula is C13H11BrFN5O4. The predicted octanol–water partition coefficient (Wildman–Crippen LogP) is 2.24. The van der Waals surface area contributed by atoms with Gasteiger partial charge in [0, 0.05) is 32.4 Å². The molecule has 0 radical (unpaired) electrons. The summed E-state index contributed by atoms with van der Waals surface area (Å²) >= 11 is 2.96. The standard InChI is InChI=1S/C13H11BrFN5O4/c14-12-9(15)10-7(5-17-12)11(8(6-16-10)20(23)24)18-1-3-19(4-2-18)13(21)22/h5-6H,1-4H2,(H,21,22). The minimum absolute atomic E-state index is 0.0295. The largest absolute Gasteiger partial charge is 0.465 e. The smallest absolute Gasteiger partial charge is 0.407 e. The van der Waals surface area contributed by atoms with E-state index in [2.05, 4.69) is 25.9 Å². The summed E-state index contributed by atoms with van der Waals surface area (Å²) in [5, 5.41) is 20.6. The van der Waals surface area contributed by atoms with Gasteiger partial charge >= 0.3 is 11.8 Å². The van der Waals surface area contributed by atoms with Gasteiger partial charge in [-0.3, -0.25) is 10.1 Å². The molecule has 9 nitrogen and oxygen atoms in total. The van der Waals surface area contributed by atoms with Crippen LogP contribution in [0.15, 0.2) is 17.0 Å². The Morgan fingerprint density at radius 1 is 1.29 bits per heavy atom. The molecule has 1 amide bonds. The van der Waals surface area contributed by atoms with E-state index in [1.165, 1.54) is 11.1 Å². The molecule has 1 saturated heterocycles. The number of halogens is 2. The van der Waals surface area contributed by atoms with E-state index in [0.29, 0.717) is 0 Å². The van der Waals surface area contributed by atoms with E-state index in [1.807, 2.05) is 0 Å². The van der Waals surface area contributed by atoms with E-state index in [1.54, 1.807) is 4.90 Å². The molecule has 0 aliphatic carbocycles. The summed E-state index contributed by atoms with van der Waals surface area (Å²) in [5.74, 6) is -0.701. The zero-order valence-electron chi connectivity index (χ0n) is 12.1. The fourth-order valence-corrected chi connectivity index (χ4v) is 2.96. The monoisotopic (exact) mass is 399 g/mol. The molecule has 0 unspecified atom stereocenters. The Morgan fingerprint density at radius 3 is 2.54 bits per heavy atom. The highest BCUT2D eigenvalue weighted by atomic mass is 79.9. The van der Waals surface area contributed by atoms with Gasteiger partial charge in [-0.1, -0.05) is 0 Å². The van der Waals surface area contributed by atoms with Crippen LogP contribution in [0.2, 0.25) is 0 Å². The molecule has 11 heteroatoms. The van der Waals surface area contributed by atoms with Crippen molar-refractivity contribution < 1.29 is 19.2 Å². The third-order valence-electron chi connectivity index (χ3n) is 3.83. The summed E-state index contributed by atoms with van der Waals surface area (Å²) in [4.78, 5) is 32.3. The second-order valence-corrected chi connectivity index (χ2v) is 5.88. The lowest BCUT2D eigenvalue weighted by Crippen LogP contribution is -2.48. The van der Waals surface area contributed by atoms with Crippen LogP contribution in [0.25, 0.3) is 10.9 Å². The molecule has 1 aliphatic rings. The number of pyridine rings is 2. The number of aromatic nitrogens is 2. The minimum Gasteiger partial charge on any atom is -0.465 e. The number of rotatable bonds is 2. The molecule has 0 atom stereocenters. The van der Waals surface area contributed by atoms with Crippen LogP contribution < -0.4 is 4.90 Å². The zero-order valence-corrected chi connectivity index (χ0v) is 13.7. The molecule has 24 heavy (non-hydrogen) atoms. The van der Waals surface area contributed by atoms with Crippen molar-refractivity contribution in [1.82, 2.24) is 14.9 Å². The van der Waals surface area contributed by atoms with Gasteiger partial charge in [-0.25, -0.2) is 19.2 Å². The summed E-state index contributed by atoms with van der Waals surface area (Å²) < 4.78 is 14.2. The molecule has 0 saturated carbocycles. The highest BCUT2D eigenvalue weighted by Gasteiger charge is 2.29. The van der Waals surface area contributed by atoms with Crippen molar-refractivity contribution in [3.8, 4) is 0 Å². The summed E-state index contributed by atoms with van der Waals surface area (Å²) in [5.41, 5.74) is -0.0955.